The first-order chi connectivity index (χ1) is 12.7. The largest absolute Gasteiger partial charge is 0.497 e. The molecule has 0 spiro atoms. The highest BCUT2D eigenvalue weighted by molar-refractivity contribution is 5.97. The predicted octanol–water partition coefficient (Wildman–Crippen LogP) is 4.54. The molecule has 0 heterocycles. The SMILES string of the molecule is COc1cccc(OCC(=O)c2cccc(OCc3ccccc3)c2)c1. The number of hydrogen-bond acceptors (Lipinski definition) is 4. The second-order valence-corrected chi connectivity index (χ2v) is 5.69. The summed E-state index contributed by atoms with van der Waals surface area (Å²) in [6.45, 7) is 0.411. The molecule has 0 radical (unpaired) electrons. The van der Waals surface area contributed by atoms with E-state index in [0.717, 1.165) is 5.56 Å². The summed E-state index contributed by atoms with van der Waals surface area (Å²) in [5, 5.41) is 0. The Hall–Kier alpha value is -3.27. The zero-order valence-electron chi connectivity index (χ0n) is 14.6. The molecule has 0 aliphatic carbocycles. The van der Waals surface area contributed by atoms with Crippen molar-refractivity contribution in [2.24, 2.45) is 0 Å². The summed E-state index contributed by atoms with van der Waals surface area (Å²) in [6, 6.07) is 24.2. The van der Waals surface area contributed by atoms with Crippen LogP contribution < -0.4 is 14.2 Å². The summed E-state index contributed by atoms with van der Waals surface area (Å²) >= 11 is 0. The van der Waals surface area contributed by atoms with Crippen LogP contribution in [0, 0.1) is 0 Å². The zero-order chi connectivity index (χ0) is 18.2. The molecule has 4 nitrogen and oxygen atoms in total. The van der Waals surface area contributed by atoms with E-state index in [-0.39, 0.29) is 12.4 Å². The van der Waals surface area contributed by atoms with Crippen molar-refractivity contribution in [2.45, 2.75) is 6.61 Å². The molecule has 0 saturated heterocycles. The van der Waals surface area contributed by atoms with Crippen molar-refractivity contribution in [3.8, 4) is 17.2 Å². The molecule has 0 N–H and O–H groups in total. The fraction of sp³-hybridized carbons (Fsp3) is 0.136. The first-order valence-electron chi connectivity index (χ1n) is 8.31. The quantitative estimate of drug-likeness (QED) is 0.561. The van der Waals surface area contributed by atoms with Crippen molar-refractivity contribution in [1.82, 2.24) is 0 Å². The smallest absolute Gasteiger partial charge is 0.200 e. The first-order valence-corrected chi connectivity index (χ1v) is 8.31. The lowest BCUT2D eigenvalue weighted by atomic mass is 10.1. The van der Waals surface area contributed by atoms with Gasteiger partial charge in [-0.3, -0.25) is 4.79 Å². The molecule has 0 aromatic heterocycles. The highest BCUT2D eigenvalue weighted by Gasteiger charge is 2.09. The van der Waals surface area contributed by atoms with Gasteiger partial charge in [-0.15, -0.1) is 0 Å². The molecule has 0 fully saturated rings. The highest BCUT2D eigenvalue weighted by atomic mass is 16.5. The molecule has 0 unspecified atom stereocenters. The van der Waals surface area contributed by atoms with Crippen LogP contribution in [0.4, 0.5) is 0 Å². The zero-order valence-corrected chi connectivity index (χ0v) is 14.6. The number of hydrogen-bond donors (Lipinski definition) is 0. The molecular formula is C22H20O4. The van der Waals surface area contributed by atoms with Gasteiger partial charge in [0.25, 0.3) is 0 Å². The van der Waals surface area contributed by atoms with Gasteiger partial charge in [0.05, 0.1) is 7.11 Å². The van der Waals surface area contributed by atoms with Gasteiger partial charge in [0.1, 0.15) is 23.9 Å². The summed E-state index contributed by atoms with van der Waals surface area (Å²) in [5.74, 6) is 1.82. The summed E-state index contributed by atoms with van der Waals surface area (Å²) in [4.78, 5) is 12.4. The van der Waals surface area contributed by atoms with Crippen LogP contribution in [-0.2, 0) is 6.61 Å². The van der Waals surface area contributed by atoms with E-state index in [1.807, 2.05) is 48.5 Å². The Labute approximate surface area is 153 Å². The minimum absolute atomic E-state index is 0.0463. The van der Waals surface area contributed by atoms with Crippen LogP contribution in [0.1, 0.15) is 15.9 Å². The van der Waals surface area contributed by atoms with Gasteiger partial charge in [0, 0.05) is 11.6 Å². The van der Waals surface area contributed by atoms with Gasteiger partial charge >= 0.3 is 0 Å². The van der Waals surface area contributed by atoms with E-state index in [1.165, 1.54) is 0 Å². The third-order valence-electron chi connectivity index (χ3n) is 3.82. The van der Waals surface area contributed by atoms with Gasteiger partial charge in [0.15, 0.2) is 12.4 Å². The molecule has 0 aliphatic heterocycles. The second kappa shape index (κ2) is 8.72. The highest BCUT2D eigenvalue weighted by Crippen LogP contribution is 2.20. The molecule has 0 bridgehead atoms. The molecule has 0 aliphatic rings. The molecule has 132 valence electrons. The van der Waals surface area contributed by atoms with E-state index in [9.17, 15) is 4.79 Å². The van der Waals surface area contributed by atoms with Crippen molar-refractivity contribution in [3.63, 3.8) is 0 Å². The minimum atomic E-state index is -0.113. The summed E-state index contributed by atoms with van der Waals surface area (Å²) in [7, 11) is 1.59. The van der Waals surface area contributed by atoms with E-state index >= 15 is 0 Å². The van der Waals surface area contributed by atoms with E-state index < -0.39 is 0 Å². The molecule has 3 aromatic rings. The summed E-state index contributed by atoms with van der Waals surface area (Å²) in [6.07, 6.45) is 0. The van der Waals surface area contributed by atoms with Gasteiger partial charge in [-0.2, -0.15) is 0 Å². The van der Waals surface area contributed by atoms with E-state index in [4.69, 9.17) is 14.2 Å². The van der Waals surface area contributed by atoms with Gasteiger partial charge in [-0.05, 0) is 29.8 Å². The number of rotatable bonds is 8. The maximum Gasteiger partial charge on any atom is 0.200 e. The topological polar surface area (TPSA) is 44.8 Å². The van der Waals surface area contributed by atoms with Gasteiger partial charge in [-0.25, -0.2) is 0 Å². The molecule has 0 saturated carbocycles. The molecule has 0 atom stereocenters. The van der Waals surface area contributed by atoms with E-state index in [2.05, 4.69) is 0 Å². The van der Waals surface area contributed by atoms with Crippen LogP contribution in [0.25, 0.3) is 0 Å². The second-order valence-electron chi connectivity index (χ2n) is 5.69. The monoisotopic (exact) mass is 348 g/mol. The van der Waals surface area contributed by atoms with Crippen LogP contribution in [0.3, 0.4) is 0 Å². The molecule has 4 heteroatoms. The Morgan fingerprint density at radius 2 is 1.46 bits per heavy atom. The van der Waals surface area contributed by atoms with Crippen molar-refractivity contribution < 1.29 is 19.0 Å². The van der Waals surface area contributed by atoms with Crippen LogP contribution in [-0.4, -0.2) is 19.5 Å². The fourth-order valence-corrected chi connectivity index (χ4v) is 2.42. The van der Waals surface area contributed by atoms with Gasteiger partial charge in [-0.1, -0.05) is 48.5 Å². The molecule has 3 rings (SSSR count). The van der Waals surface area contributed by atoms with Crippen LogP contribution in [0.2, 0.25) is 0 Å². The van der Waals surface area contributed by atoms with Crippen molar-refractivity contribution in [3.05, 3.63) is 90.0 Å². The maximum absolute atomic E-state index is 12.4. The number of ether oxygens (including phenoxy) is 3. The van der Waals surface area contributed by atoms with Gasteiger partial charge in [0.2, 0.25) is 0 Å². The Morgan fingerprint density at radius 3 is 2.23 bits per heavy atom. The normalized spacial score (nSPS) is 10.2. The molecular weight excluding hydrogens is 328 g/mol. The van der Waals surface area contributed by atoms with Crippen molar-refractivity contribution in [2.75, 3.05) is 13.7 Å². The predicted molar refractivity (Wildman–Crippen MR) is 100 cm³/mol. The Kier molecular flexibility index (Phi) is 5.88. The minimum Gasteiger partial charge on any atom is -0.497 e. The third-order valence-corrected chi connectivity index (χ3v) is 3.82. The lowest BCUT2D eigenvalue weighted by molar-refractivity contribution is 0.0921. The maximum atomic E-state index is 12.4. The fourth-order valence-electron chi connectivity index (χ4n) is 2.42. The average molecular weight is 348 g/mol. The van der Waals surface area contributed by atoms with E-state index in [1.54, 1.807) is 37.4 Å². The van der Waals surface area contributed by atoms with Crippen LogP contribution in [0.15, 0.2) is 78.9 Å². The van der Waals surface area contributed by atoms with Crippen LogP contribution in [0.5, 0.6) is 17.2 Å². The Bertz CT molecular complexity index is 859. The van der Waals surface area contributed by atoms with Crippen molar-refractivity contribution in [1.29, 1.82) is 0 Å². The number of Topliss-reactive ketones (excluding diaryl/α,β-unsaturated/α-hetero) is 1. The van der Waals surface area contributed by atoms with Gasteiger partial charge < -0.3 is 14.2 Å². The molecule has 3 aromatic carbocycles. The molecule has 26 heavy (non-hydrogen) atoms. The van der Waals surface area contributed by atoms with Crippen molar-refractivity contribution >= 4 is 5.78 Å². The Balaban J connectivity index is 1.59. The first kappa shape index (κ1) is 17.5. The number of benzene rings is 3. The molecule has 0 amide bonds. The summed E-state index contributed by atoms with van der Waals surface area (Å²) in [5.41, 5.74) is 1.63. The van der Waals surface area contributed by atoms with Crippen LogP contribution >= 0.6 is 0 Å². The lowest BCUT2D eigenvalue weighted by Crippen LogP contribution is -2.11. The number of carbonyl (C=O) groups is 1. The lowest BCUT2D eigenvalue weighted by Gasteiger charge is -2.09. The van der Waals surface area contributed by atoms with E-state index in [0.29, 0.717) is 29.4 Å². The third kappa shape index (κ3) is 4.86. The standard InChI is InChI=1S/C22H20O4/c1-24-19-10-6-12-21(14-19)26-16-22(23)18-9-5-11-20(13-18)25-15-17-7-3-2-4-8-17/h2-14H,15-16H2,1H3. The average Bonchev–Trinajstić information content (AvgIpc) is 2.71. The number of ketones is 1. The number of methoxy groups -OCH3 is 1. The Morgan fingerprint density at radius 1 is 0.769 bits per heavy atom. The number of carbonyl (C=O) groups excluding carboxylic acids is 1. The summed E-state index contributed by atoms with van der Waals surface area (Å²) < 4.78 is 16.5.